The van der Waals surface area contributed by atoms with Crippen LogP contribution in [0.2, 0.25) is 5.02 Å². The van der Waals surface area contributed by atoms with Crippen molar-refractivity contribution in [1.29, 1.82) is 0 Å². The number of hydrogen-bond acceptors (Lipinski definition) is 4. The first-order valence-corrected chi connectivity index (χ1v) is 10.8. The fraction of sp³-hybridized carbons (Fsp3) is 0.545. The minimum absolute atomic E-state index is 0.0249. The molecule has 0 aromatic heterocycles. The van der Waals surface area contributed by atoms with Crippen LogP contribution in [0.5, 0.6) is 0 Å². The van der Waals surface area contributed by atoms with E-state index in [0.29, 0.717) is 5.69 Å². The normalized spacial score (nSPS) is 23.4. The molecule has 9 heteroatoms. The third kappa shape index (κ3) is 4.69. The quantitative estimate of drug-likeness (QED) is 0.639. The third-order valence-electron chi connectivity index (χ3n) is 6.06. The van der Waals surface area contributed by atoms with Gasteiger partial charge in [-0.15, -0.1) is 0 Å². The lowest BCUT2D eigenvalue weighted by atomic mass is 9.84. The maximum Gasteiger partial charge on any atom is 0.252 e. The molecule has 1 aromatic rings. The zero-order chi connectivity index (χ0) is 23.1. The van der Waals surface area contributed by atoms with Gasteiger partial charge >= 0.3 is 0 Å². The first-order chi connectivity index (χ1) is 14.4. The summed E-state index contributed by atoms with van der Waals surface area (Å²) in [5, 5.41) is 5.63. The van der Waals surface area contributed by atoms with Gasteiger partial charge in [-0.3, -0.25) is 19.2 Å². The van der Waals surface area contributed by atoms with Crippen molar-refractivity contribution in [2.75, 3.05) is 5.32 Å². The largest absolute Gasteiger partial charge is 0.368 e. The molecule has 1 aliphatic carbocycles. The Kier molecular flexibility index (Phi) is 6.32. The van der Waals surface area contributed by atoms with Crippen molar-refractivity contribution in [3.63, 3.8) is 0 Å². The van der Waals surface area contributed by atoms with E-state index in [9.17, 15) is 19.2 Å². The lowest BCUT2D eigenvalue weighted by molar-refractivity contribution is -0.145. The molecule has 8 nitrogen and oxygen atoms in total. The number of amides is 4. The number of benzene rings is 1. The predicted molar refractivity (Wildman–Crippen MR) is 117 cm³/mol. The van der Waals surface area contributed by atoms with Crippen LogP contribution in [0, 0.1) is 11.3 Å². The van der Waals surface area contributed by atoms with Crippen molar-refractivity contribution in [2.45, 2.75) is 65.1 Å². The molecular formula is C22H29ClN4O4. The number of rotatable bonds is 5. The van der Waals surface area contributed by atoms with Crippen LogP contribution in [0.15, 0.2) is 18.2 Å². The molecule has 1 saturated heterocycles. The molecule has 1 aromatic carbocycles. The molecule has 0 radical (unpaired) electrons. The number of halogens is 1. The fourth-order valence-electron chi connectivity index (χ4n) is 4.63. The summed E-state index contributed by atoms with van der Waals surface area (Å²) in [6.45, 7) is 6.93. The summed E-state index contributed by atoms with van der Waals surface area (Å²) in [7, 11) is 0. The summed E-state index contributed by atoms with van der Waals surface area (Å²) in [5.41, 5.74) is 5.67. The molecule has 2 aliphatic rings. The van der Waals surface area contributed by atoms with Crippen LogP contribution >= 0.6 is 11.6 Å². The van der Waals surface area contributed by atoms with Crippen LogP contribution < -0.4 is 16.4 Å². The molecule has 4 N–H and O–H groups in total. The molecule has 4 unspecified atom stereocenters. The lowest BCUT2D eigenvalue weighted by Gasteiger charge is -2.39. The van der Waals surface area contributed by atoms with Crippen molar-refractivity contribution >= 4 is 40.9 Å². The van der Waals surface area contributed by atoms with E-state index in [1.165, 1.54) is 25.1 Å². The summed E-state index contributed by atoms with van der Waals surface area (Å²) >= 11 is 6.19. The van der Waals surface area contributed by atoms with E-state index in [1.807, 2.05) is 20.8 Å². The average molecular weight is 449 g/mol. The van der Waals surface area contributed by atoms with E-state index in [2.05, 4.69) is 10.6 Å². The number of hydrogen-bond donors (Lipinski definition) is 3. The van der Waals surface area contributed by atoms with Crippen molar-refractivity contribution in [2.24, 2.45) is 17.1 Å². The zero-order valence-corrected chi connectivity index (χ0v) is 19.0. The molecule has 0 spiro atoms. The SMILES string of the molecule is CC(=O)Nc1ccc(C(=O)NC(C(=O)N2C3CCC(C3)C2C(N)=O)C(C)(C)C)cc1Cl. The van der Waals surface area contributed by atoms with Crippen molar-refractivity contribution in [3.8, 4) is 0 Å². The number of fused-ring (bicyclic) bond motifs is 2. The number of carbonyl (C=O) groups is 4. The highest BCUT2D eigenvalue weighted by molar-refractivity contribution is 6.34. The minimum atomic E-state index is -0.852. The summed E-state index contributed by atoms with van der Waals surface area (Å²) in [5.74, 6) is -1.45. The molecule has 1 heterocycles. The van der Waals surface area contributed by atoms with Gasteiger partial charge in [0.05, 0.1) is 10.7 Å². The lowest BCUT2D eigenvalue weighted by Crippen LogP contribution is -2.60. The number of nitrogens with two attached hydrogens (primary N) is 1. The standard InChI is InChI=1S/C22H29ClN4O4/c1-11(28)25-16-8-6-13(10-15(16)23)20(30)26-18(22(2,3)4)21(31)27-14-7-5-12(9-14)17(27)19(24)29/h6,8,10,12,14,17-18H,5,7,9H2,1-4H3,(H2,24,29)(H,25,28)(H,26,30). The Morgan fingerprint density at radius 2 is 1.87 bits per heavy atom. The summed E-state index contributed by atoms with van der Waals surface area (Å²) < 4.78 is 0. The van der Waals surface area contributed by atoms with Gasteiger partial charge in [0.1, 0.15) is 12.1 Å². The van der Waals surface area contributed by atoms with Crippen LogP contribution in [0.4, 0.5) is 5.69 Å². The average Bonchev–Trinajstić information content (AvgIpc) is 3.27. The first-order valence-electron chi connectivity index (χ1n) is 10.4. The van der Waals surface area contributed by atoms with Gasteiger partial charge in [-0.05, 0) is 48.8 Å². The van der Waals surface area contributed by atoms with Crippen molar-refractivity contribution in [1.82, 2.24) is 10.2 Å². The van der Waals surface area contributed by atoms with Crippen LogP contribution in [0.3, 0.4) is 0 Å². The Hall–Kier alpha value is -2.61. The third-order valence-corrected chi connectivity index (χ3v) is 6.37. The second kappa shape index (κ2) is 8.49. The van der Waals surface area contributed by atoms with E-state index < -0.39 is 29.3 Å². The van der Waals surface area contributed by atoms with Gasteiger partial charge in [0.15, 0.2) is 0 Å². The Morgan fingerprint density at radius 3 is 2.42 bits per heavy atom. The van der Waals surface area contributed by atoms with Gasteiger partial charge < -0.3 is 21.3 Å². The fourth-order valence-corrected chi connectivity index (χ4v) is 4.86. The van der Waals surface area contributed by atoms with Gasteiger partial charge in [0.2, 0.25) is 17.7 Å². The molecule has 4 atom stereocenters. The Bertz CT molecular complexity index is 927. The summed E-state index contributed by atoms with van der Waals surface area (Å²) in [6, 6.07) is 3.00. The summed E-state index contributed by atoms with van der Waals surface area (Å²) in [6.07, 6.45) is 2.49. The number of nitrogens with one attached hydrogen (secondary N) is 2. The second-order valence-electron chi connectivity index (χ2n) is 9.47. The highest BCUT2D eigenvalue weighted by atomic mass is 35.5. The number of nitrogens with zero attached hydrogens (tertiary/aromatic N) is 1. The Balaban J connectivity index is 1.83. The maximum absolute atomic E-state index is 13.5. The predicted octanol–water partition coefficient (Wildman–Crippen LogP) is 2.31. The highest BCUT2D eigenvalue weighted by Crippen LogP contribution is 2.43. The number of carbonyl (C=O) groups excluding carboxylic acids is 4. The second-order valence-corrected chi connectivity index (χ2v) is 9.88. The van der Waals surface area contributed by atoms with Gasteiger partial charge in [-0.2, -0.15) is 0 Å². The maximum atomic E-state index is 13.5. The molecule has 31 heavy (non-hydrogen) atoms. The van der Waals surface area contributed by atoms with Crippen molar-refractivity contribution in [3.05, 3.63) is 28.8 Å². The van der Waals surface area contributed by atoms with Gasteiger partial charge in [0, 0.05) is 18.5 Å². The van der Waals surface area contributed by atoms with Crippen molar-refractivity contribution < 1.29 is 19.2 Å². The van der Waals surface area contributed by atoms with Gasteiger partial charge in [-0.1, -0.05) is 32.4 Å². The molecule has 1 saturated carbocycles. The molecule has 2 bridgehead atoms. The van der Waals surface area contributed by atoms with Crippen LogP contribution in [-0.2, 0) is 14.4 Å². The zero-order valence-electron chi connectivity index (χ0n) is 18.2. The van der Waals surface area contributed by atoms with Gasteiger partial charge in [0.25, 0.3) is 5.91 Å². The molecule has 3 rings (SSSR count). The van der Waals surface area contributed by atoms with E-state index in [0.717, 1.165) is 19.3 Å². The Morgan fingerprint density at radius 1 is 1.19 bits per heavy atom. The number of piperidine rings is 1. The Labute approximate surface area is 186 Å². The minimum Gasteiger partial charge on any atom is -0.368 e. The molecule has 2 fully saturated rings. The monoisotopic (exact) mass is 448 g/mol. The first kappa shape index (κ1) is 23.1. The topological polar surface area (TPSA) is 122 Å². The molecule has 4 amide bonds. The smallest absolute Gasteiger partial charge is 0.252 e. The van der Waals surface area contributed by atoms with E-state index in [1.54, 1.807) is 4.90 Å². The number of anilines is 1. The molecule has 1 aliphatic heterocycles. The molecular weight excluding hydrogens is 420 g/mol. The summed E-state index contributed by atoms with van der Waals surface area (Å²) in [4.78, 5) is 51.4. The van der Waals surface area contributed by atoms with E-state index >= 15 is 0 Å². The van der Waals surface area contributed by atoms with Crippen LogP contribution in [0.25, 0.3) is 0 Å². The van der Waals surface area contributed by atoms with Gasteiger partial charge in [-0.25, -0.2) is 0 Å². The number of primary amides is 1. The highest BCUT2D eigenvalue weighted by Gasteiger charge is 2.53. The van der Waals surface area contributed by atoms with E-state index in [4.69, 9.17) is 17.3 Å². The van der Waals surface area contributed by atoms with Crippen LogP contribution in [0.1, 0.15) is 57.3 Å². The van der Waals surface area contributed by atoms with E-state index in [-0.39, 0.29) is 34.4 Å². The molecule has 168 valence electrons. The number of likely N-dealkylation sites (tertiary alicyclic amines) is 1. The van der Waals surface area contributed by atoms with Crippen LogP contribution in [-0.4, -0.2) is 46.7 Å².